The molecule has 2 N–H and O–H groups in total. The third-order valence-corrected chi connectivity index (χ3v) is 4.92. The zero-order valence-corrected chi connectivity index (χ0v) is 17.2. The maximum atomic E-state index is 14.0. The Labute approximate surface area is 167 Å². The number of aliphatic imine (C=N–C) groups is 1. The maximum Gasteiger partial charge on any atom is 0.191 e. The quantitative estimate of drug-likeness (QED) is 0.256. The first-order valence-electron chi connectivity index (χ1n) is 9.01. The Morgan fingerprint density at radius 1 is 1.28 bits per heavy atom. The molecule has 0 saturated heterocycles. The van der Waals surface area contributed by atoms with Crippen LogP contribution < -0.4 is 10.6 Å². The Balaban J connectivity index is 0.00000225. The molecule has 2 fully saturated rings. The van der Waals surface area contributed by atoms with Gasteiger partial charge < -0.3 is 15.4 Å². The predicted octanol–water partition coefficient (Wildman–Crippen LogP) is 3.46. The summed E-state index contributed by atoms with van der Waals surface area (Å²) < 4.78 is 19.7. The summed E-state index contributed by atoms with van der Waals surface area (Å²) in [7, 11) is 1.77. The van der Waals surface area contributed by atoms with E-state index in [9.17, 15) is 4.39 Å². The molecule has 1 aromatic rings. The van der Waals surface area contributed by atoms with Gasteiger partial charge in [-0.2, -0.15) is 0 Å². The van der Waals surface area contributed by atoms with Crippen LogP contribution in [0.4, 0.5) is 4.39 Å². The van der Waals surface area contributed by atoms with Gasteiger partial charge in [0.05, 0.1) is 0 Å². The van der Waals surface area contributed by atoms with Crippen molar-refractivity contribution < 1.29 is 9.13 Å². The van der Waals surface area contributed by atoms with Gasteiger partial charge in [0, 0.05) is 38.8 Å². The van der Waals surface area contributed by atoms with Crippen molar-refractivity contribution in [3.63, 3.8) is 0 Å². The van der Waals surface area contributed by atoms with Crippen LogP contribution in [0, 0.1) is 11.7 Å². The van der Waals surface area contributed by atoms with Gasteiger partial charge in [0.1, 0.15) is 5.82 Å². The van der Waals surface area contributed by atoms with E-state index in [-0.39, 0.29) is 35.2 Å². The number of nitrogens with zero attached hydrogens (tertiary/aromatic N) is 1. The lowest BCUT2D eigenvalue weighted by Gasteiger charge is -2.19. The first-order chi connectivity index (χ1) is 11.7. The highest BCUT2D eigenvalue weighted by molar-refractivity contribution is 14.0. The van der Waals surface area contributed by atoms with Crippen LogP contribution in [0.5, 0.6) is 0 Å². The highest BCUT2D eigenvalue weighted by Gasteiger charge is 2.45. The minimum atomic E-state index is -0.104. The normalized spacial score (nSPS) is 18.4. The van der Waals surface area contributed by atoms with Crippen LogP contribution in [0.2, 0.25) is 0 Å². The fourth-order valence-corrected chi connectivity index (χ4v) is 2.97. The molecule has 0 amide bonds. The Hall–Kier alpha value is -0.890. The highest BCUT2D eigenvalue weighted by atomic mass is 127. The largest absolute Gasteiger partial charge is 0.381 e. The van der Waals surface area contributed by atoms with Crippen molar-refractivity contribution in [2.75, 3.05) is 33.4 Å². The second kappa shape index (κ2) is 9.71. The highest BCUT2D eigenvalue weighted by Crippen LogP contribution is 2.48. The van der Waals surface area contributed by atoms with Gasteiger partial charge in [-0.25, -0.2) is 4.39 Å². The third kappa shape index (κ3) is 6.09. The molecule has 0 aromatic heterocycles. The van der Waals surface area contributed by atoms with Gasteiger partial charge in [0.15, 0.2) is 5.96 Å². The molecule has 6 heteroatoms. The Morgan fingerprint density at radius 2 is 2.04 bits per heavy atom. The number of benzene rings is 1. The predicted molar refractivity (Wildman–Crippen MR) is 110 cm³/mol. The second-order valence-corrected chi connectivity index (χ2v) is 6.98. The monoisotopic (exact) mass is 461 g/mol. The number of hydrogen-bond donors (Lipinski definition) is 2. The Morgan fingerprint density at radius 3 is 2.68 bits per heavy atom. The SMILES string of the molecule is CN=C(NCCCOCC1CC1)NCC1(c2ccccc2F)CC1.I. The first kappa shape index (κ1) is 20.4. The number of guanidine groups is 1. The van der Waals surface area contributed by atoms with E-state index in [4.69, 9.17) is 4.74 Å². The third-order valence-electron chi connectivity index (χ3n) is 4.92. The molecule has 3 rings (SSSR count). The van der Waals surface area contributed by atoms with Gasteiger partial charge in [0.2, 0.25) is 0 Å². The second-order valence-electron chi connectivity index (χ2n) is 6.98. The van der Waals surface area contributed by atoms with E-state index in [1.54, 1.807) is 19.2 Å². The van der Waals surface area contributed by atoms with Gasteiger partial charge in [-0.05, 0) is 49.7 Å². The van der Waals surface area contributed by atoms with Crippen molar-refractivity contribution in [2.24, 2.45) is 10.9 Å². The summed E-state index contributed by atoms with van der Waals surface area (Å²) in [5, 5.41) is 6.65. The summed E-state index contributed by atoms with van der Waals surface area (Å²) in [4.78, 5) is 4.25. The van der Waals surface area contributed by atoms with Crippen molar-refractivity contribution in [3.05, 3.63) is 35.6 Å². The molecule has 25 heavy (non-hydrogen) atoms. The summed E-state index contributed by atoms with van der Waals surface area (Å²) >= 11 is 0. The number of hydrogen-bond acceptors (Lipinski definition) is 2. The zero-order valence-electron chi connectivity index (χ0n) is 14.9. The summed E-state index contributed by atoms with van der Waals surface area (Å²) in [5.41, 5.74) is 0.748. The molecule has 0 radical (unpaired) electrons. The fraction of sp³-hybridized carbons (Fsp3) is 0.632. The van der Waals surface area contributed by atoms with Gasteiger partial charge in [-0.15, -0.1) is 24.0 Å². The maximum absolute atomic E-state index is 14.0. The van der Waals surface area contributed by atoms with Crippen LogP contribution in [0.15, 0.2) is 29.3 Å². The van der Waals surface area contributed by atoms with E-state index < -0.39 is 0 Å². The van der Waals surface area contributed by atoms with E-state index in [0.29, 0.717) is 6.54 Å². The Kier molecular flexibility index (Phi) is 7.93. The lowest BCUT2D eigenvalue weighted by atomic mass is 9.95. The average molecular weight is 461 g/mol. The molecule has 2 aliphatic carbocycles. The van der Waals surface area contributed by atoms with E-state index in [1.807, 2.05) is 12.1 Å². The van der Waals surface area contributed by atoms with Gasteiger partial charge in [0.25, 0.3) is 0 Å². The van der Waals surface area contributed by atoms with Crippen LogP contribution in [0.3, 0.4) is 0 Å². The van der Waals surface area contributed by atoms with Crippen molar-refractivity contribution >= 4 is 29.9 Å². The van der Waals surface area contributed by atoms with Gasteiger partial charge >= 0.3 is 0 Å². The number of rotatable bonds is 9. The molecular weight excluding hydrogens is 432 g/mol. The summed E-state index contributed by atoms with van der Waals surface area (Å²) in [5.74, 6) is 1.49. The molecule has 140 valence electrons. The van der Waals surface area contributed by atoms with Crippen LogP contribution in [0.25, 0.3) is 0 Å². The van der Waals surface area contributed by atoms with Crippen molar-refractivity contribution in [1.82, 2.24) is 10.6 Å². The van der Waals surface area contributed by atoms with E-state index in [1.165, 1.54) is 12.8 Å². The lowest BCUT2D eigenvalue weighted by Crippen LogP contribution is -2.41. The molecule has 0 bridgehead atoms. The zero-order chi connectivity index (χ0) is 16.8. The fourth-order valence-electron chi connectivity index (χ4n) is 2.97. The molecular formula is C19H29FIN3O. The number of nitrogens with one attached hydrogen (secondary N) is 2. The molecule has 2 saturated carbocycles. The van der Waals surface area contributed by atoms with Crippen LogP contribution >= 0.6 is 24.0 Å². The Bertz CT molecular complexity index is 574. The van der Waals surface area contributed by atoms with Crippen LogP contribution in [-0.4, -0.2) is 39.3 Å². The smallest absolute Gasteiger partial charge is 0.191 e. The van der Waals surface area contributed by atoms with Gasteiger partial charge in [-0.1, -0.05) is 18.2 Å². The molecule has 0 unspecified atom stereocenters. The molecule has 0 spiro atoms. The lowest BCUT2D eigenvalue weighted by molar-refractivity contribution is 0.123. The number of halogens is 2. The average Bonchev–Trinajstić information content (AvgIpc) is 3.50. The minimum Gasteiger partial charge on any atom is -0.381 e. The van der Waals surface area contributed by atoms with Crippen molar-refractivity contribution in [3.8, 4) is 0 Å². The molecule has 0 heterocycles. The summed E-state index contributed by atoms with van der Waals surface area (Å²) in [6, 6.07) is 7.10. The molecule has 0 aliphatic heterocycles. The molecule has 0 atom stereocenters. The van der Waals surface area contributed by atoms with Crippen molar-refractivity contribution in [2.45, 2.75) is 37.5 Å². The van der Waals surface area contributed by atoms with Gasteiger partial charge in [-0.3, -0.25) is 4.99 Å². The van der Waals surface area contributed by atoms with E-state index in [0.717, 1.165) is 56.5 Å². The first-order valence-corrected chi connectivity index (χ1v) is 9.01. The van der Waals surface area contributed by atoms with E-state index >= 15 is 0 Å². The van der Waals surface area contributed by atoms with E-state index in [2.05, 4.69) is 15.6 Å². The summed E-state index contributed by atoms with van der Waals surface area (Å²) in [6.45, 7) is 3.25. The topological polar surface area (TPSA) is 45.7 Å². The molecule has 1 aromatic carbocycles. The van der Waals surface area contributed by atoms with Crippen molar-refractivity contribution in [1.29, 1.82) is 0 Å². The number of ether oxygens (including phenoxy) is 1. The summed E-state index contributed by atoms with van der Waals surface area (Å²) in [6.07, 6.45) is 5.67. The minimum absolute atomic E-state index is 0. The van der Waals surface area contributed by atoms with Crippen LogP contribution in [0.1, 0.15) is 37.7 Å². The van der Waals surface area contributed by atoms with Crippen LogP contribution in [-0.2, 0) is 10.2 Å². The standard InChI is InChI=1S/C19H28FN3O.HI/c1-21-18(22-11-4-12-24-13-15-7-8-15)23-14-19(9-10-19)16-5-2-3-6-17(16)20;/h2-3,5-6,15H,4,7-14H2,1H3,(H2,21,22,23);1H. The molecule has 4 nitrogen and oxygen atoms in total. The molecule has 2 aliphatic rings.